The molecule has 0 aliphatic carbocycles. The Bertz CT molecular complexity index is 905. The topological polar surface area (TPSA) is 75.9 Å². The molecule has 0 radical (unpaired) electrons. The summed E-state index contributed by atoms with van der Waals surface area (Å²) in [7, 11) is 5.53. The smallest absolute Gasteiger partial charge is 0.289 e. The van der Waals surface area contributed by atoms with Crippen LogP contribution in [0, 0.1) is 0 Å². The Balaban J connectivity index is 1.88. The zero-order chi connectivity index (χ0) is 17.3. The van der Waals surface area contributed by atoms with E-state index in [4.69, 9.17) is 11.6 Å². The molecule has 1 amide bonds. The van der Waals surface area contributed by atoms with E-state index in [0.29, 0.717) is 23.0 Å². The summed E-state index contributed by atoms with van der Waals surface area (Å²) in [5, 5.41) is 8.46. The van der Waals surface area contributed by atoms with Crippen LogP contribution in [0.25, 0.3) is 11.0 Å². The quantitative estimate of drug-likeness (QED) is 0.783. The Hall–Kier alpha value is -2.67. The van der Waals surface area contributed by atoms with Crippen LogP contribution in [0.3, 0.4) is 0 Å². The van der Waals surface area contributed by atoms with E-state index in [1.54, 1.807) is 17.8 Å². The number of aryl methyl sites for hydroxylation is 1. The highest BCUT2D eigenvalue weighted by atomic mass is 35.5. The van der Waals surface area contributed by atoms with Crippen molar-refractivity contribution in [1.82, 2.24) is 25.1 Å². The molecule has 1 aromatic carbocycles. The summed E-state index contributed by atoms with van der Waals surface area (Å²) in [6.45, 7) is 0.305. The fourth-order valence-corrected chi connectivity index (χ4v) is 2.54. The number of fused-ring (bicyclic) bond motifs is 1. The van der Waals surface area contributed by atoms with Gasteiger partial charge in [0.1, 0.15) is 5.82 Å². The number of nitrogens with one attached hydrogen (secondary N) is 1. The summed E-state index contributed by atoms with van der Waals surface area (Å²) in [5.74, 6) is 0.360. The summed E-state index contributed by atoms with van der Waals surface area (Å²) in [5.41, 5.74) is 1.32. The van der Waals surface area contributed by atoms with Crippen LogP contribution in [0.4, 0.5) is 5.82 Å². The number of hydrogen-bond donors (Lipinski definition) is 1. The van der Waals surface area contributed by atoms with Gasteiger partial charge >= 0.3 is 0 Å². The van der Waals surface area contributed by atoms with E-state index in [-0.39, 0.29) is 11.7 Å². The molecule has 8 heteroatoms. The van der Waals surface area contributed by atoms with Crippen molar-refractivity contribution in [2.24, 2.45) is 7.05 Å². The van der Waals surface area contributed by atoms with Gasteiger partial charge in [0.05, 0.1) is 5.39 Å². The first-order valence-corrected chi connectivity index (χ1v) is 7.74. The number of aromatic nitrogens is 4. The molecule has 0 saturated heterocycles. The van der Waals surface area contributed by atoms with Gasteiger partial charge in [-0.05, 0) is 11.6 Å². The molecule has 0 fully saturated rings. The first kappa shape index (κ1) is 16.2. The number of hydrogen-bond acceptors (Lipinski definition) is 5. The Labute approximate surface area is 144 Å². The maximum Gasteiger partial charge on any atom is 0.289 e. The van der Waals surface area contributed by atoms with E-state index in [0.717, 1.165) is 10.9 Å². The Morgan fingerprint density at radius 1 is 1.29 bits per heavy atom. The van der Waals surface area contributed by atoms with Gasteiger partial charge in [0.25, 0.3) is 5.91 Å². The maximum atomic E-state index is 12.4. The van der Waals surface area contributed by atoms with Crippen LogP contribution in [0.5, 0.6) is 0 Å². The minimum atomic E-state index is -0.370. The zero-order valence-corrected chi connectivity index (χ0v) is 14.4. The molecular weight excluding hydrogens is 328 g/mol. The van der Waals surface area contributed by atoms with E-state index in [1.165, 1.54) is 0 Å². The number of amides is 1. The maximum absolute atomic E-state index is 12.4. The van der Waals surface area contributed by atoms with E-state index < -0.39 is 0 Å². The Morgan fingerprint density at radius 2 is 2.04 bits per heavy atom. The lowest BCUT2D eigenvalue weighted by molar-refractivity contribution is 0.0941. The average molecular weight is 345 g/mol. The molecule has 0 aliphatic heterocycles. The standard InChI is InChI=1S/C16H17ClN6O/c1-22(2)15-11-9-23(3)21-13(11)19-14(20-15)16(24)18-8-10-6-4-5-7-12(10)17/h4-7,9H,8H2,1-3H3,(H,18,24). The van der Waals surface area contributed by atoms with Gasteiger partial charge < -0.3 is 10.2 Å². The third-order valence-corrected chi connectivity index (χ3v) is 3.87. The van der Waals surface area contributed by atoms with E-state index in [9.17, 15) is 4.79 Å². The number of halogens is 1. The van der Waals surface area contributed by atoms with Crippen LogP contribution in [0.1, 0.15) is 16.2 Å². The van der Waals surface area contributed by atoms with Crippen LogP contribution in [0.15, 0.2) is 30.5 Å². The van der Waals surface area contributed by atoms with Gasteiger partial charge in [0, 0.05) is 38.9 Å². The third-order valence-electron chi connectivity index (χ3n) is 3.50. The molecule has 0 atom stereocenters. The first-order chi connectivity index (χ1) is 11.5. The second-order valence-corrected chi connectivity index (χ2v) is 5.99. The lowest BCUT2D eigenvalue weighted by Crippen LogP contribution is -2.26. The molecule has 2 heterocycles. The summed E-state index contributed by atoms with van der Waals surface area (Å²) in [6, 6.07) is 7.35. The van der Waals surface area contributed by atoms with Crippen LogP contribution in [-0.4, -0.2) is 39.8 Å². The van der Waals surface area contributed by atoms with Crippen molar-refractivity contribution < 1.29 is 4.79 Å². The number of anilines is 1. The normalized spacial score (nSPS) is 10.8. The van der Waals surface area contributed by atoms with Gasteiger partial charge in [-0.15, -0.1) is 0 Å². The van der Waals surface area contributed by atoms with Crippen LogP contribution in [-0.2, 0) is 13.6 Å². The monoisotopic (exact) mass is 344 g/mol. The minimum absolute atomic E-state index is 0.0805. The number of carbonyl (C=O) groups is 1. The predicted octanol–water partition coefficient (Wildman–Crippen LogP) is 2.01. The van der Waals surface area contributed by atoms with Crippen molar-refractivity contribution in [2.45, 2.75) is 6.54 Å². The molecule has 0 spiro atoms. The van der Waals surface area contributed by atoms with Crippen molar-refractivity contribution in [3.63, 3.8) is 0 Å². The Morgan fingerprint density at radius 3 is 2.75 bits per heavy atom. The number of carbonyl (C=O) groups excluding carboxylic acids is 1. The van der Waals surface area contributed by atoms with Crippen LogP contribution in [0.2, 0.25) is 5.02 Å². The van der Waals surface area contributed by atoms with Gasteiger partial charge in [0.15, 0.2) is 5.65 Å². The second kappa shape index (κ2) is 6.45. The Kier molecular flexibility index (Phi) is 4.35. The largest absolute Gasteiger partial charge is 0.362 e. The highest BCUT2D eigenvalue weighted by molar-refractivity contribution is 6.31. The van der Waals surface area contributed by atoms with Crippen molar-refractivity contribution in [3.05, 3.63) is 46.9 Å². The fourth-order valence-electron chi connectivity index (χ4n) is 2.34. The van der Waals surface area contributed by atoms with E-state index in [1.807, 2.05) is 43.4 Å². The number of nitrogens with zero attached hydrogens (tertiary/aromatic N) is 5. The summed E-state index contributed by atoms with van der Waals surface area (Å²) in [6.07, 6.45) is 1.83. The highest BCUT2D eigenvalue weighted by Gasteiger charge is 2.17. The predicted molar refractivity (Wildman–Crippen MR) is 93.3 cm³/mol. The fraction of sp³-hybridized carbons (Fsp3) is 0.250. The number of rotatable bonds is 4. The second-order valence-electron chi connectivity index (χ2n) is 5.58. The molecule has 0 saturated carbocycles. The average Bonchev–Trinajstić information content (AvgIpc) is 2.92. The summed E-state index contributed by atoms with van der Waals surface area (Å²) >= 11 is 6.10. The van der Waals surface area contributed by atoms with Gasteiger partial charge in [0.2, 0.25) is 5.82 Å². The molecule has 7 nitrogen and oxygen atoms in total. The molecule has 3 rings (SSSR count). The molecule has 3 aromatic rings. The molecule has 24 heavy (non-hydrogen) atoms. The SMILES string of the molecule is CN(C)c1nc(C(=O)NCc2ccccc2Cl)nc2nn(C)cc12. The number of benzene rings is 1. The molecular formula is C16H17ClN6O. The molecule has 0 bridgehead atoms. The molecule has 0 unspecified atom stereocenters. The molecule has 124 valence electrons. The van der Waals surface area contributed by atoms with Gasteiger partial charge in [-0.25, -0.2) is 9.97 Å². The van der Waals surface area contributed by atoms with E-state index >= 15 is 0 Å². The van der Waals surface area contributed by atoms with Crippen molar-refractivity contribution >= 4 is 34.4 Å². The first-order valence-electron chi connectivity index (χ1n) is 7.36. The lowest BCUT2D eigenvalue weighted by atomic mass is 10.2. The van der Waals surface area contributed by atoms with Crippen molar-refractivity contribution in [2.75, 3.05) is 19.0 Å². The van der Waals surface area contributed by atoms with Crippen LogP contribution < -0.4 is 10.2 Å². The molecule has 0 aliphatic rings. The van der Waals surface area contributed by atoms with Gasteiger partial charge in [-0.2, -0.15) is 5.10 Å². The summed E-state index contributed by atoms with van der Waals surface area (Å²) in [4.78, 5) is 22.9. The third kappa shape index (κ3) is 3.16. The van der Waals surface area contributed by atoms with Crippen molar-refractivity contribution in [3.8, 4) is 0 Å². The minimum Gasteiger partial charge on any atom is -0.362 e. The van der Waals surface area contributed by atoms with Crippen LogP contribution >= 0.6 is 11.6 Å². The highest BCUT2D eigenvalue weighted by Crippen LogP contribution is 2.21. The van der Waals surface area contributed by atoms with Crippen molar-refractivity contribution in [1.29, 1.82) is 0 Å². The molecule has 1 N–H and O–H groups in total. The summed E-state index contributed by atoms with van der Waals surface area (Å²) < 4.78 is 1.65. The lowest BCUT2D eigenvalue weighted by Gasteiger charge is -2.13. The van der Waals surface area contributed by atoms with Gasteiger partial charge in [-0.3, -0.25) is 9.48 Å². The van der Waals surface area contributed by atoms with Gasteiger partial charge in [-0.1, -0.05) is 29.8 Å². The van der Waals surface area contributed by atoms with E-state index in [2.05, 4.69) is 20.4 Å². The molecule has 2 aromatic heterocycles. The zero-order valence-electron chi connectivity index (χ0n) is 13.6.